The van der Waals surface area contributed by atoms with Crippen LogP contribution in [0, 0.1) is 0 Å². The summed E-state index contributed by atoms with van der Waals surface area (Å²) in [7, 11) is 1.68. The molecule has 16 heavy (non-hydrogen) atoms. The number of aromatic nitrogens is 1. The Hall–Kier alpha value is -1.00. The zero-order valence-electron chi connectivity index (χ0n) is 9.24. The number of hydrogen-bond donors (Lipinski definition) is 1. The number of halogens is 1. The van der Waals surface area contributed by atoms with Crippen LogP contribution in [0.4, 0.5) is 0 Å². The first-order chi connectivity index (χ1) is 7.59. The maximum atomic E-state index is 10.9. The highest BCUT2D eigenvalue weighted by Gasteiger charge is 2.19. The number of carboxylic acid groups (broad SMARTS) is 1. The molecular formula is C11H15ClN2O2. The SMILES string of the molecule is Cn1c(C(=O)O)cc(CN2CCCC2)c1Cl. The van der Waals surface area contributed by atoms with Gasteiger partial charge in [0.25, 0.3) is 0 Å². The summed E-state index contributed by atoms with van der Waals surface area (Å²) in [4.78, 5) is 13.2. The molecule has 0 saturated carbocycles. The summed E-state index contributed by atoms with van der Waals surface area (Å²) in [6.07, 6.45) is 2.44. The molecule has 0 radical (unpaired) electrons. The molecule has 1 aliphatic rings. The van der Waals surface area contributed by atoms with Gasteiger partial charge in [-0.1, -0.05) is 11.6 Å². The van der Waals surface area contributed by atoms with E-state index in [4.69, 9.17) is 16.7 Å². The van der Waals surface area contributed by atoms with E-state index in [0.29, 0.717) is 5.15 Å². The van der Waals surface area contributed by atoms with E-state index >= 15 is 0 Å². The van der Waals surface area contributed by atoms with Crippen molar-refractivity contribution >= 4 is 17.6 Å². The molecule has 0 spiro atoms. The lowest BCUT2D eigenvalue weighted by molar-refractivity contribution is 0.0686. The molecule has 2 heterocycles. The molecule has 0 amide bonds. The van der Waals surface area contributed by atoms with E-state index in [-0.39, 0.29) is 5.69 Å². The first-order valence-corrected chi connectivity index (χ1v) is 5.77. The minimum Gasteiger partial charge on any atom is -0.477 e. The van der Waals surface area contributed by atoms with Crippen LogP contribution in [0.15, 0.2) is 6.07 Å². The van der Waals surface area contributed by atoms with Crippen LogP contribution in [-0.4, -0.2) is 33.6 Å². The Morgan fingerprint density at radius 3 is 2.62 bits per heavy atom. The number of nitrogens with zero attached hydrogens (tertiary/aromatic N) is 2. The smallest absolute Gasteiger partial charge is 0.352 e. The van der Waals surface area contributed by atoms with Gasteiger partial charge in [0, 0.05) is 19.2 Å². The molecular weight excluding hydrogens is 228 g/mol. The third kappa shape index (κ3) is 2.08. The number of likely N-dealkylation sites (tertiary alicyclic amines) is 1. The Kier molecular flexibility index (Phi) is 3.21. The summed E-state index contributed by atoms with van der Waals surface area (Å²) in [5.41, 5.74) is 1.16. The van der Waals surface area contributed by atoms with Gasteiger partial charge in [0.15, 0.2) is 0 Å². The van der Waals surface area contributed by atoms with Crippen molar-refractivity contribution in [2.45, 2.75) is 19.4 Å². The monoisotopic (exact) mass is 242 g/mol. The van der Waals surface area contributed by atoms with Gasteiger partial charge in [-0.3, -0.25) is 4.90 Å². The van der Waals surface area contributed by atoms with Crippen molar-refractivity contribution in [1.82, 2.24) is 9.47 Å². The maximum absolute atomic E-state index is 10.9. The molecule has 0 unspecified atom stereocenters. The van der Waals surface area contributed by atoms with Crippen LogP contribution in [0.3, 0.4) is 0 Å². The Morgan fingerprint density at radius 2 is 2.12 bits per heavy atom. The number of carbonyl (C=O) groups is 1. The molecule has 1 fully saturated rings. The van der Waals surface area contributed by atoms with Gasteiger partial charge >= 0.3 is 5.97 Å². The Balaban J connectivity index is 2.20. The molecule has 1 N–H and O–H groups in total. The fourth-order valence-corrected chi connectivity index (χ4v) is 2.35. The van der Waals surface area contributed by atoms with Gasteiger partial charge in [0.1, 0.15) is 10.8 Å². The van der Waals surface area contributed by atoms with Crippen molar-refractivity contribution in [2.24, 2.45) is 7.05 Å². The van der Waals surface area contributed by atoms with Crippen molar-refractivity contribution < 1.29 is 9.90 Å². The first-order valence-electron chi connectivity index (χ1n) is 5.39. The maximum Gasteiger partial charge on any atom is 0.352 e. The predicted octanol–water partition coefficient (Wildman–Crippen LogP) is 1.97. The number of carboxylic acids is 1. The van der Waals surface area contributed by atoms with Crippen LogP contribution in [0.25, 0.3) is 0 Å². The zero-order chi connectivity index (χ0) is 11.7. The van der Waals surface area contributed by atoms with E-state index in [1.807, 2.05) is 0 Å². The normalized spacial score (nSPS) is 16.9. The van der Waals surface area contributed by atoms with E-state index in [9.17, 15) is 4.79 Å². The first kappa shape index (κ1) is 11.5. The fourth-order valence-electron chi connectivity index (χ4n) is 2.14. The van der Waals surface area contributed by atoms with Crippen LogP contribution in [0.1, 0.15) is 28.9 Å². The molecule has 88 valence electrons. The standard InChI is InChI=1S/C11H15ClN2O2/c1-13-9(11(15)16)6-8(10(13)12)7-14-4-2-3-5-14/h6H,2-5,7H2,1H3,(H,15,16). The van der Waals surface area contributed by atoms with Gasteiger partial charge in [-0.15, -0.1) is 0 Å². The van der Waals surface area contributed by atoms with Crippen molar-refractivity contribution in [1.29, 1.82) is 0 Å². The number of aromatic carboxylic acids is 1. The second-order valence-electron chi connectivity index (χ2n) is 4.19. The topological polar surface area (TPSA) is 45.5 Å². The summed E-state index contributed by atoms with van der Waals surface area (Å²) in [6, 6.07) is 1.67. The quantitative estimate of drug-likeness (QED) is 0.882. The molecule has 4 nitrogen and oxygen atoms in total. The lowest BCUT2D eigenvalue weighted by atomic mass is 10.3. The highest BCUT2D eigenvalue weighted by Crippen LogP contribution is 2.23. The highest BCUT2D eigenvalue weighted by atomic mass is 35.5. The second kappa shape index (κ2) is 4.47. The summed E-state index contributed by atoms with van der Waals surface area (Å²) >= 11 is 6.11. The molecule has 2 rings (SSSR count). The summed E-state index contributed by atoms with van der Waals surface area (Å²) in [5.74, 6) is -0.933. The molecule has 0 atom stereocenters. The Morgan fingerprint density at radius 1 is 1.50 bits per heavy atom. The minimum atomic E-state index is -0.933. The fraction of sp³-hybridized carbons (Fsp3) is 0.545. The second-order valence-corrected chi connectivity index (χ2v) is 4.55. The van der Waals surface area contributed by atoms with Crippen LogP contribution >= 0.6 is 11.6 Å². The number of hydrogen-bond acceptors (Lipinski definition) is 2. The van der Waals surface area contributed by atoms with E-state index in [0.717, 1.165) is 25.2 Å². The molecule has 1 aliphatic heterocycles. The molecule has 5 heteroatoms. The van der Waals surface area contributed by atoms with Crippen LogP contribution in [-0.2, 0) is 13.6 Å². The van der Waals surface area contributed by atoms with Crippen LogP contribution in [0.5, 0.6) is 0 Å². The minimum absolute atomic E-state index is 0.249. The highest BCUT2D eigenvalue weighted by molar-refractivity contribution is 6.30. The molecule has 0 bridgehead atoms. The van der Waals surface area contributed by atoms with Crippen molar-refractivity contribution in [3.63, 3.8) is 0 Å². The van der Waals surface area contributed by atoms with Gasteiger partial charge in [0.2, 0.25) is 0 Å². The molecule has 1 saturated heterocycles. The third-order valence-electron chi connectivity index (χ3n) is 3.04. The van der Waals surface area contributed by atoms with Crippen molar-refractivity contribution in [3.8, 4) is 0 Å². The summed E-state index contributed by atoms with van der Waals surface area (Å²) in [6.45, 7) is 2.90. The Labute approximate surface area is 99.4 Å². The van der Waals surface area contributed by atoms with Crippen LogP contribution < -0.4 is 0 Å². The van der Waals surface area contributed by atoms with Gasteiger partial charge in [-0.05, 0) is 32.0 Å². The average Bonchev–Trinajstić information content (AvgIpc) is 2.82. The van der Waals surface area contributed by atoms with Gasteiger partial charge in [-0.25, -0.2) is 4.79 Å². The largest absolute Gasteiger partial charge is 0.477 e. The molecule has 1 aromatic heterocycles. The summed E-state index contributed by atoms with van der Waals surface area (Å²) < 4.78 is 1.52. The summed E-state index contributed by atoms with van der Waals surface area (Å²) in [5, 5.41) is 9.50. The van der Waals surface area contributed by atoms with Gasteiger partial charge in [0.05, 0.1) is 0 Å². The van der Waals surface area contributed by atoms with Gasteiger partial charge < -0.3 is 9.67 Å². The molecule has 1 aromatic rings. The number of rotatable bonds is 3. The van der Waals surface area contributed by atoms with Crippen LogP contribution in [0.2, 0.25) is 5.15 Å². The third-order valence-corrected chi connectivity index (χ3v) is 3.54. The predicted molar refractivity (Wildman–Crippen MR) is 61.9 cm³/mol. The van der Waals surface area contributed by atoms with E-state index < -0.39 is 5.97 Å². The lowest BCUT2D eigenvalue weighted by Gasteiger charge is -2.13. The van der Waals surface area contributed by atoms with E-state index in [2.05, 4.69) is 4.90 Å². The molecule has 0 aliphatic carbocycles. The lowest BCUT2D eigenvalue weighted by Crippen LogP contribution is -2.18. The van der Waals surface area contributed by atoms with Crippen molar-refractivity contribution in [3.05, 3.63) is 22.5 Å². The van der Waals surface area contributed by atoms with E-state index in [1.54, 1.807) is 13.1 Å². The van der Waals surface area contributed by atoms with Gasteiger partial charge in [-0.2, -0.15) is 0 Å². The van der Waals surface area contributed by atoms with E-state index in [1.165, 1.54) is 17.4 Å². The Bertz CT molecular complexity index is 408. The average molecular weight is 243 g/mol. The molecule has 0 aromatic carbocycles. The van der Waals surface area contributed by atoms with Crippen molar-refractivity contribution in [2.75, 3.05) is 13.1 Å². The zero-order valence-corrected chi connectivity index (χ0v) is 10.00.